The predicted octanol–water partition coefficient (Wildman–Crippen LogP) is 3.53. The highest BCUT2D eigenvalue weighted by Gasteiger charge is 2.44. The van der Waals surface area contributed by atoms with E-state index in [1.54, 1.807) is 52.0 Å². The molecule has 278 valence electrons. The Kier molecular flexibility index (Phi) is 16.3. The second kappa shape index (κ2) is 19.2. The second-order valence-electron chi connectivity index (χ2n) is 13.3. The number of ether oxygens (including phenoxy) is 2. The highest BCUT2D eigenvalue weighted by Crippen LogP contribution is 2.35. The van der Waals surface area contributed by atoms with E-state index in [0.717, 1.165) is 0 Å². The maximum atomic E-state index is 13.4. The number of aliphatic hydroxyl groups excluding tert-OH is 1. The van der Waals surface area contributed by atoms with Crippen molar-refractivity contribution in [1.29, 1.82) is 0 Å². The molecule has 1 aliphatic heterocycles. The number of rotatable bonds is 19. The number of carbonyl (C=O) groups is 6. The monoisotopic (exact) mass is 830 g/mol. The summed E-state index contributed by atoms with van der Waals surface area (Å²) < 4.78 is 11.7. The van der Waals surface area contributed by atoms with Crippen molar-refractivity contribution in [3.8, 4) is 0 Å². The van der Waals surface area contributed by atoms with Crippen molar-refractivity contribution in [1.82, 2.24) is 20.9 Å². The summed E-state index contributed by atoms with van der Waals surface area (Å²) in [6, 6.07) is 3.77. The fourth-order valence-corrected chi connectivity index (χ4v) is 5.55. The molecule has 1 aromatic rings. The lowest BCUT2D eigenvalue weighted by Gasteiger charge is -2.35. The van der Waals surface area contributed by atoms with Gasteiger partial charge in [0.05, 0.1) is 18.8 Å². The molecule has 17 heteroatoms. The third-order valence-corrected chi connectivity index (χ3v) is 9.96. The van der Waals surface area contributed by atoms with E-state index in [0.29, 0.717) is 30.5 Å². The molecule has 2 rings (SSSR count). The van der Waals surface area contributed by atoms with E-state index in [-0.39, 0.29) is 47.7 Å². The fourth-order valence-electron chi connectivity index (χ4n) is 4.85. The van der Waals surface area contributed by atoms with Gasteiger partial charge in [-0.15, -0.1) is 0 Å². The Bertz CT molecular complexity index is 1410. The highest BCUT2D eigenvalue weighted by atomic mass is 79.9. The van der Waals surface area contributed by atoms with Crippen molar-refractivity contribution in [2.45, 2.75) is 97.1 Å². The van der Waals surface area contributed by atoms with Crippen LogP contribution in [0.1, 0.15) is 72.8 Å². The average molecular weight is 833 g/mol. The SMILES string of the molecule is CC(C)[C@H](NC(=O)OCCC(C)(C)OCCC(C)(C)N1C(=O)C(Br)=C(Br)C1=O)C(=O)N[C@@H](CCCNC(N)=O)C(=O)Nc1ccc(CO)cc1. The molecular weight excluding hydrogens is 784 g/mol. The van der Waals surface area contributed by atoms with Crippen LogP contribution >= 0.6 is 31.9 Å². The number of hydrogen-bond donors (Lipinski definition) is 6. The lowest BCUT2D eigenvalue weighted by Crippen LogP contribution is -2.54. The van der Waals surface area contributed by atoms with E-state index < -0.39 is 59.0 Å². The highest BCUT2D eigenvalue weighted by molar-refractivity contribution is 9.14. The Morgan fingerprint density at radius 2 is 1.52 bits per heavy atom. The number of aliphatic hydroxyl groups is 1. The standard InChI is InChI=1S/C33H48Br2N6O9/c1-19(2)25(27(44)39-22(8-7-15-37-30(36)47)26(43)38-21-11-9-20(18-42)10-12-21)40-31(48)49-16-14-33(5,6)50-17-13-32(3,4)41-28(45)23(34)24(35)29(41)46/h9-12,19,22,25,42H,7-8,13-18H2,1-6H3,(H,38,43)(H,39,44)(H,40,48)(H3,36,37,47)/t22-,25-/m0/s1. The molecule has 0 aliphatic carbocycles. The summed E-state index contributed by atoms with van der Waals surface area (Å²) in [4.78, 5) is 76.7. The van der Waals surface area contributed by atoms with Crippen LogP contribution in [0.5, 0.6) is 0 Å². The lowest BCUT2D eigenvalue weighted by atomic mass is 9.98. The quantitative estimate of drug-likeness (QED) is 0.0887. The Morgan fingerprint density at radius 1 is 0.920 bits per heavy atom. The number of amides is 7. The molecule has 1 heterocycles. The number of urea groups is 1. The first-order chi connectivity index (χ1) is 23.3. The van der Waals surface area contributed by atoms with E-state index in [4.69, 9.17) is 15.2 Å². The van der Waals surface area contributed by atoms with Gasteiger partial charge in [0, 0.05) is 30.8 Å². The van der Waals surface area contributed by atoms with Crippen LogP contribution in [0, 0.1) is 5.92 Å². The number of nitrogens with zero attached hydrogens (tertiary/aromatic N) is 1. The number of nitrogens with two attached hydrogens (primary N) is 1. The normalized spacial score (nSPS) is 14.8. The molecule has 7 amide bonds. The molecule has 0 bridgehead atoms. The number of halogens is 2. The molecule has 1 aliphatic rings. The van der Waals surface area contributed by atoms with Crippen LogP contribution in [0.4, 0.5) is 15.3 Å². The van der Waals surface area contributed by atoms with Crippen LogP contribution in [-0.2, 0) is 35.3 Å². The van der Waals surface area contributed by atoms with Crippen LogP contribution in [0.3, 0.4) is 0 Å². The van der Waals surface area contributed by atoms with E-state index in [1.807, 2.05) is 13.8 Å². The van der Waals surface area contributed by atoms with Gasteiger partial charge < -0.3 is 41.6 Å². The lowest BCUT2D eigenvalue weighted by molar-refractivity contribution is -0.144. The molecule has 50 heavy (non-hydrogen) atoms. The summed E-state index contributed by atoms with van der Waals surface area (Å²) in [6.45, 7) is 10.8. The van der Waals surface area contributed by atoms with Crippen LogP contribution in [0.25, 0.3) is 0 Å². The van der Waals surface area contributed by atoms with Crippen LogP contribution in [0.2, 0.25) is 0 Å². The van der Waals surface area contributed by atoms with E-state index in [2.05, 4.69) is 53.1 Å². The zero-order valence-corrected chi connectivity index (χ0v) is 32.4. The first-order valence-electron chi connectivity index (χ1n) is 16.2. The third-order valence-electron chi connectivity index (χ3n) is 7.95. The first kappa shape index (κ1) is 42.6. The summed E-state index contributed by atoms with van der Waals surface area (Å²) in [5.74, 6) is -2.35. The minimum Gasteiger partial charge on any atom is -0.449 e. The Balaban J connectivity index is 1.93. The van der Waals surface area contributed by atoms with Gasteiger partial charge in [0.1, 0.15) is 21.0 Å². The molecule has 1 aromatic carbocycles. The number of nitrogens with one attached hydrogen (secondary N) is 4. The van der Waals surface area contributed by atoms with Crippen molar-refractivity contribution in [3.63, 3.8) is 0 Å². The van der Waals surface area contributed by atoms with E-state index in [1.165, 1.54) is 4.90 Å². The fraction of sp³-hybridized carbons (Fsp3) is 0.576. The van der Waals surface area contributed by atoms with Gasteiger partial charge in [0.25, 0.3) is 11.8 Å². The van der Waals surface area contributed by atoms with Gasteiger partial charge in [-0.3, -0.25) is 24.1 Å². The molecule has 0 spiro atoms. The molecular formula is C33H48Br2N6O9. The summed E-state index contributed by atoms with van der Waals surface area (Å²) >= 11 is 6.29. The number of carbonyl (C=O) groups excluding carboxylic acids is 6. The molecule has 0 radical (unpaired) electrons. The predicted molar refractivity (Wildman–Crippen MR) is 193 cm³/mol. The molecule has 0 saturated heterocycles. The van der Waals surface area contributed by atoms with Crippen LogP contribution < -0.4 is 27.0 Å². The zero-order chi connectivity index (χ0) is 37.8. The largest absolute Gasteiger partial charge is 0.449 e. The summed E-state index contributed by atoms with van der Waals surface area (Å²) in [5, 5.41) is 19.7. The number of benzene rings is 1. The maximum Gasteiger partial charge on any atom is 0.407 e. The Labute approximate surface area is 309 Å². The number of hydrogen-bond acceptors (Lipinski definition) is 9. The van der Waals surface area contributed by atoms with Crippen LogP contribution in [0.15, 0.2) is 33.2 Å². The molecule has 0 saturated carbocycles. The Morgan fingerprint density at radius 3 is 2.06 bits per heavy atom. The molecule has 0 fully saturated rings. The van der Waals surface area contributed by atoms with Gasteiger partial charge in [0.15, 0.2) is 0 Å². The summed E-state index contributed by atoms with van der Waals surface area (Å²) in [6.07, 6.45) is 0.313. The van der Waals surface area contributed by atoms with Crippen molar-refractivity contribution in [2.75, 3.05) is 25.1 Å². The van der Waals surface area contributed by atoms with Gasteiger partial charge >= 0.3 is 12.1 Å². The molecule has 2 atom stereocenters. The number of anilines is 1. The van der Waals surface area contributed by atoms with Crippen LogP contribution in [-0.4, -0.2) is 88.7 Å². The second-order valence-corrected chi connectivity index (χ2v) is 14.9. The van der Waals surface area contributed by atoms with E-state index >= 15 is 0 Å². The number of primary amides is 1. The summed E-state index contributed by atoms with van der Waals surface area (Å²) in [7, 11) is 0. The van der Waals surface area contributed by atoms with Gasteiger partial charge in [-0.05, 0) is 102 Å². The maximum absolute atomic E-state index is 13.4. The van der Waals surface area contributed by atoms with Crippen molar-refractivity contribution in [3.05, 3.63) is 38.8 Å². The smallest absolute Gasteiger partial charge is 0.407 e. The van der Waals surface area contributed by atoms with Gasteiger partial charge in [-0.1, -0.05) is 26.0 Å². The molecule has 0 aromatic heterocycles. The molecule has 0 unspecified atom stereocenters. The molecule has 7 N–H and O–H groups in total. The van der Waals surface area contributed by atoms with Crippen molar-refractivity contribution < 1.29 is 43.3 Å². The molecule has 15 nitrogen and oxygen atoms in total. The Hall–Kier alpha value is -3.54. The number of alkyl carbamates (subject to hydrolysis) is 1. The minimum absolute atomic E-state index is 0.0332. The van der Waals surface area contributed by atoms with Gasteiger partial charge in [-0.2, -0.15) is 0 Å². The van der Waals surface area contributed by atoms with E-state index in [9.17, 15) is 33.9 Å². The topological polar surface area (TPSA) is 218 Å². The summed E-state index contributed by atoms with van der Waals surface area (Å²) in [5.41, 5.74) is 4.68. The third kappa shape index (κ3) is 13.0. The minimum atomic E-state index is -1.04. The zero-order valence-electron chi connectivity index (χ0n) is 29.2. The number of imide groups is 1. The first-order valence-corrected chi connectivity index (χ1v) is 17.7. The van der Waals surface area contributed by atoms with Crippen molar-refractivity contribution in [2.24, 2.45) is 11.7 Å². The average Bonchev–Trinajstić information content (AvgIpc) is 3.23. The van der Waals surface area contributed by atoms with Gasteiger partial charge in [-0.25, -0.2) is 9.59 Å². The van der Waals surface area contributed by atoms with Crippen molar-refractivity contribution >= 4 is 73.3 Å². The van der Waals surface area contributed by atoms with Gasteiger partial charge in [0.2, 0.25) is 11.8 Å².